The zero-order valence-electron chi connectivity index (χ0n) is 13.6. The molecule has 2 aromatic rings. The van der Waals surface area contributed by atoms with Gasteiger partial charge in [-0.3, -0.25) is 0 Å². The van der Waals surface area contributed by atoms with E-state index >= 15 is 0 Å². The molecule has 0 aliphatic heterocycles. The second kappa shape index (κ2) is 7.46. The maximum absolute atomic E-state index is 12.6. The second-order valence-corrected chi connectivity index (χ2v) is 7.03. The molecule has 0 spiro atoms. The lowest BCUT2D eigenvalue weighted by Crippen LogP contribution is -2.30. The maximum atomic E-state index is 12.6. The summed E-state index contributed by atoms with van der Waals surface area (Å²) in [5.74, 6) is -1.19. The highest BCUT2D eigenvalue weighted by Gasteiger charge is 2.24. The summed E-state index contributed by atoms with van der Waals surface area (Å²) in [4.78, 5) is 11.5. The van der Waals surface area contributed by atoms with Crippen LogP contribution in [-0.2, 0) is 10.0 Å². The summed E-state index contributed by atoms with van der Waals surface area (Å²) >= 11 is 0. The molecule has 0 atom stereocenters. The van der Waals surface area contributed by atoms with Crippen LogP contribution in [0.2, 0.25) is 0 Å². The Bertz CT molecular complexity index is 816. The highest BCUT2D eigenvalue weighted by atomic mass is 32.2. The van der Waals surface area contributed by atoms with Crippen LogP contribution >= 0.6 is 0 Å². The van der Waals surface area contributed by atoms with Crippen molar-refractivity contribution in [2.75, 3.05) is 18.4 Å². The normalized spacial score (nSPS) is 11.5. The summed E-state index contributed by atoms with van der Waals surface area (Å²) < 4.78 is 26.4. The van der Waals surface area contributed by atoms with Crippen LogP contribution < -0.4 is 5.32 Å². The van der Waals surface area contributed by atoms with E-state index in [-0.39, 0.29) is 10.5 Å². The van der Waals surface area contributed by atoms with Crippen molar-refractivity contribution in [3.05, 3.63) is 54.1 Å². The molecular formula is C17H20N2O4S. The molecule has 0 aliphatic carbocycles. The topological polar surface area (TPSA) is 86.7 Å². The molecule has 0 saturated carbocycles. The maximum Gasteiger partial charge on any atom is 0.337 e. The van der Waals surface area contributed by atoms with Crippen molar-refractivity contribution in [3.63, 3.8) is 0 Å². The molecule has 6 nitrogen and oxygen atoms in total. The first-order chi connectivity index (χ1) is 11.4. The number of aromatic carboxylic acids is 1. The van der Waals surface area contributed by atoms with Gasteiger partial charge in [-0.05, 0) is 30.3 Å². The van der Waals surface area contributed by atoms with E-state index in [1.165, 1.54) is 22.5 Å². The Hall–Kier alpha value is -2.38. The molecule has 0 bridgehead atoms. The minimum Gasteiger partial charge on any atom is -0.478 e. The van der Waals surface area contributed by atoms with Gasteiger partial charge >= 0.3 is 5.97 Å². The van der Waals surface area contributed by atoms with Gasteiger partial charge in [0.25, 0.3) is 0 Å². The SMILES string of the molecule is CCN(CC)S(=O)(=O)c1ccc(Nc2ccccc2)c(C(=O)O)c1. The molecule has 7 heteroatoms. The van der Waals surface area contributed by atoms with Crippen molar-refractivity contribution in [2.45, 2.75) is 18.7 Å². The molecule has 0 radical (unpaired) electrons. The fourth-order valence-electron chi connectivity index (χ4n) is 2.36. The molecule has 128 valence electrons. The first-order valence-electron chi connectivity index (χ1n) is 7.59. The minimum atomic E-state index is -3.70. The van der Waals surface area contributed by atoms with E-state index in [2.05, 4.69) is 5.32 Å². The van der Waals surface area contributed by atoms with E-state index in [9.17, 15) is 18.3 Å². The quantitative estimate of drug-likeness (QED) is 0.802. The van der Waals surface area contributed by atoms with Crippen LogP contribution in [0.25, 0.3) is 0 Å². The molecule has 2 rings (SSSR count). The highest BCUT2D eigenvalue weighted by molar-refractivity contribution is 7.89. The lowest BCUT2D eigenvalue weighted by molar-refractivity contribution is 0.0697. The van der Waals surface area contributed by atoms with Gasteiger partial charge in [0.15, 0.2) is 0 Å². The lowest BCUT2D eigenvalue weighted by atomic mass is 10.1. The lowest BCUT2D eigenvalue weighted by Gasteiger charge is -2.19. The third-order valence-electron chi connectivity index (χ3n) is 3.62. The number of nitrogens with one attached hydrogen (secondary N) is 1. The number of carbonyl (C=O) groups is 1. The summed E-state index contributed by atoms with van der Waals surface area (Å²) in [6, 6.07) is 13.2. The predicted octanol–water partition coefficient (Wildman–Crippen LogP) is 3.16. The molecule has 24 heavy (non-hydrogen) atoms. The van der Waals surface area contributed by atoms with E-state index in [1.54, 1.807) is 26.0 Å². The summed E-state index contributed by atoms with van der Waals surface area (Å²) in [7, 11) is -3.70. The number of carboxylic acids is 1. The molecule has 0 aromatic heterocycles. The fourth-order valence-corrected chi connectivity index (χ4v) is 3.84. The number of para-hydroxylation sites is 1. The number of anilines is 2. The van der Waals surface area contributed by atoms with Gasteiger partial charge < -0.3 is 10.4 Å². The van der Waals surface area contributed by atoms with Crippen molar-refractivity contribution in [2.24, 2.45) is 0 Å². The van der Waals surface area contributed by atoms with Crippen LogP contribution in [0, 0.1) is 0 Å². The first-order valence-corrected chi connectivity index (χ1v) is 9.03. The van der Waals surface area contributed by atoms with Crippen molar-refractivity contribution >= 4 is 27.4 Å². The van der Waals surface area contributed by atoms with E-state index in [1.807, 2.05) is 18.2 Å². The van der Waals surface area contributed by atoms with Gasteiger partial charge in [0, 0.05) is 18.8 Å². The zero-order valence-corrected chi connectivity index (χ0v) is 14.4. The number of hydrogen-bond acceptors (Lipinski definition) is 4. The monoisotopic (exact) mass is 348 g/mol. The largest absolute Gasteiger partial charge is 0.478 e. The third kappa shape index (κ3) is 3.74. The summed E-state index contributed by atoms with van der Waals surface area (Å²) in [6.07, 6.45) is 0. The average molecular weight is 348 g/mol. The minimum absolute atomic E-state index is 0.0257. The van der Waals surface area contributed by atoms with Crippen molar-refractivity contribution in [1.82, 2.24) is 4.31 Å². The smallest absolute Gasteiger partial charge is 0.337 e. The highest BCUT2D eigenvalue weighted by Crippen LogP contribution is 2.25. The van der Waals surface area contributed by atoms with Gasteiger partial charge in [-0.25, -0.2) is 13.2 Å². The van der Waals surface area contributed by atoms with Gasteiger partial charge in [-0.15, -0.1) is 0 Å². The van der Waals surface area contributed by atoms with Crippen LogP contribution in [0.4, 0.5) is 11.4 Å². The Morgan fingerprint density at radius 1 is 1.08 bits per heavy atom. The Kier molecular flexibility index (Phi) is 5.58. The molecular weight excluding hydrogens is 328 g/mol. The summed E-state index contributed by atoms with van der Waals surface area (Å²) in [6.45, 7) is 4.13. The average Bonchev–Trinajstić information content (AvgIpc) is 2.56. The van der Waals surface area contributed by atoms with Gasteiger partial charge in [0.05, 0.1) is 16.1 Å². The number of benzene rings is 2. The van der Waals surface area contributed by atoms with Crippen LogP contribution in [0.15, 0.2) is 53.4 Å². The van der Waals surface area contributed by atoms with Crippen molar-refractivity contribution in [3.8, 4) is 0 Å². The van der Waals surface area contributed by atoms with Crippen LogP contribution in [0.3, 0.4) is 0 Å². The van der Waals surface area contributed by atoms with E-state index in [0.717, 1.165) is 5.69 Å². The first kappa shape index (κ1) is 18.0. The molecule has 0 aliphatic rings. The third-order valence-corrected chi connectivity index (χ3v) is 5.66. The van der Waals surface area contributed by atoms with Gasteiger partial charge in [0.1, 0.15) is 0 Å². The molecule has 0 saturated heterocycles. The summed E-state index contributed by atoms with van der Waals surface area (Å²) in [5.41, 5.74) is 0.971. The van der Waals surface area contributed by atoms with E-state index in [0.29, 0.717) is 18.8 Å². The molecule has 0 unspecified atom stereocenters. The van der Waals surface area contributed by atoms with Crippen molar-refractivity contribution in [1.29, 1.82) is 0 Å². The van der Waals surface area contributed by atoms with Gasteiger partial charge in [0.2, 0.25) is 10.0 Å². The predicted molar refractivity (Wildman–Crippen MR) is 93.2 cm³/mol. The number of carboxylic acid groups (broad SMARTS) is 1. The standard InChI is InChI=1S/C17H20N2O4S/c1-3-19(4-2)24(22,23)14-10-11-16(15(12-14)17(20)21)18-13-8-6-5-7-9-13/h5-12,18H,3-4H2,1-2H3,(H,20,21). The van der Waals surface area contributed by atoms with Crippen molar-refractivity contribution < 1.29 is 18.3 Å². The molecule has 2 N–H and O–H groups in total. The Labute approximate surface area is 141 Å². The van der Waals surface area contributed by atoms with Crippen LogP contribution in [0.1, 0.15) is 24.2 Å². The van der Waals surface area contributed by atoms with E-state index in [4.69, 9.17) is 0 Å². The van der Waals surface area contributed by atoms with E-state index < -0.39 is 16.0 Å². The van der Waals surface area contributed by atoms with Gasteiger partial charge in [-0.1, -0.05) is 32.0 Å². The van der Waals surface area contributed by atoms with Crippen LogP contribution in [0.5, 0.6) is 0 Å². The Morgan fingerprint density at radius 2 is 1.71 bits per heavy atom. The fraction of sp³-hybridized carbons (Fsp3) is 0.235. The Balaban J connectivity index is 2.46. The number of hydrogen-bond donors (Lipinski definition) is 2. The van der Waals surface area contributed by atoms with Gasteiger partial charge in [-0.2, -0.15) is 4.31 Å². The number of rotatable bonds is 7. The molecule has 0 heterocycles. The zero-order chi connectivity index (χ0) is 17.7. The summed E-state index contributed by atoms with van der Waals surface area (Å²) in [5, 5.41) is 12.4. The molecule has 2 aromatic carbocycles. The number of nitrogens with zero attached hydrogens (tertiary/aromatic N) is 1. The van der Waals surface area contributed by atoms with Crippen LogP contribution in [-0.4, -0.2) is 36.9 Å². The molecule has 0 fully saturated rings. The number of sulfonamides is 1. The second-order valence-electron chi connectivity index (χ2n) is 5.09. The Morgan fingerprint density at radius 3 is 2.25 bits per heavy atom. The molecule has 0 amide bonds.